The van der Waals surface area contributed by atoms with Crippen LogP contribution in [0, 0.1) is 5.82 Å². The summed E-state index contributed by atoms with van der Waals surface area (Å²) >= 11 is 0. The number of benzene rings is 1. The van der Waals surface area contributed by atoms with E-state index < -0.39 is 12.2 Å². The van der Waals surface area contributed by atoms with Gasteiger partial charge < -0.3 is 9.64 Å². The van der Waals surface area contributed by atoms with Gasteiger partial charge in [-0.1, -0.05) is 12.0 Å². The Morgan fingerprint density at radius 2 is 2.36 bits per heavy atom. The van der Waals surface area contributed by atoms with Crippen LogP contribution in [-0.2, 0) is 4.74 Å². The number of nitrogens with zero attached hydrogens (tertiary/aromatic N) is 5. The van der Waals surface area contributed by atoms with Gasteiger partial charge in [0.05, 0.1) is 24.5 Å². The van der Waals surface area contributed by atoms with Crippen LogP contribution in [0.25, 0.3) is 10.4 Å². The number of amides is 1. The van der Waals surface area contributed by atoms with Crippen LogP contribution in [0.3, 0.4) is 0 Å². The molecular formula is C14H18FN5O2. The zero-order valence-corrected chi connectivity index (χ0v) is 12.6. The largest absolute Gasteiger partial charge is 0.444 e. The third-order valence-corrected chi connectivity index (χ3v) is 3.44. The van der Waals surface area contributed by atoms with E-state index in [4.69, 9.17) is 10.3 Å². The molecule has 0 radical (unpaired) electrons. The molecule has 118 valence electrons. The molecule has 1 fully saturated rings. The number of hydrogen-bond acceptors (Lipinski definition) is 4. The number of rotatable bonds is 6. The number of hydrogen-bond donors (Lipinski definition) is 0. The molecule has 1 amide bonds. The summed E-state index contributed by atoms with van der Waals surface area (Å²) in [4.78, 5) is 17.6. The number of cyclic esters (lactones) is 1. The molecule has 2 rings (SSSR count). The van der Waals surface area contributed by atoms with E-state index in [-0.39, 0.29) is 18.9 Å². The molecule has 1 aromatic rings. The summed E-state index contributed by atoms with van der Waals surface area (Å²) in [5.74, 6) is -0.389. The summed E-state index contributed by atoms with van der Waals surface area (Å²) in [5.41, 5.74) is 9.21. The van der Waals surface area contributed by atoms with Gasteiger partial charge in [-0.15, -0.1) is 0 Å². The molecule has 1 aliphatic heterocycles. The van der Waals surface area contributed by atoms with Gasteiger partial charge in [0.1, 0.15) is 11.9 Å². The van der Waals surface area contributed by atoms with Crippen molar-refractivity contribution in [2.24, 2.45) is 5.11 Å². The van der Waals surface area contributed by atoms with Crippen molar-refractivity contribution in [3.63, 3.8) is 0 Å². The summed E-state index contributed by atoms with van der Waals surface area (Å²) < 4.78 is 19.3. The second-order valence-corrected chi connectivity index (χ2v) is 5.09. The second-order valence-electron chi connectivity index (χ2n) is 5.09. The van der Waals surface area contributed by atoms with Gasteiger partial charge in [0.2, 0.25) is 0 Å². The summed E-state index contributed by atoms with van der Waals surface area (Å²) in [7, 11) is 1.82. The molecule has 8 heteroatoms. The van der Waals surface area contributed by atoms with E-state index in [9.17, 15) is 9.18 Å². The Morgan fingerprint density at radius 1 is 1.59 bits per heavy atom. The van der Waals surface area contributed by atoms with Crippen LogP contribution < -0.4 is 9.80 Å². The van der Waals surface area contributed by atoms with Crippen molar-refractivity contribution in [1.29, 1.82) is 0 Å². The standard InChI is InChI=1S/C14H18FN5O2/c1-3-6-19(2)13-5-4-10(7-12(13)15)20-9-11(8-17-18-16)22-14(20)21/h4-5,7,11H,3,6,8-9H2,1-2H3/t11-/m0/s1. The van der Waals surface area contributed by atoms with E-state index in [1.165, 1.54) is 11.0 Å². The van der Waals surface area contributed by atoms with E-state index in [0.29, 0.717) is 11.4 Å². The molecule has 0 saturated carbocycles. The lowest BCUT2D eigenvalue weighted by atomic mass is 10.2. The predicted molar refractivity (Wildman–Crippen MR) is 81.6 cm³/mol. The SMILES string of the molecule is CCCN(C)c1ccc(N2C[C@H](CN=[N+]=[N-])OC2=O)cc1F. The fourth-order valence-corrected chi connectivity index (χ4v) is 2.38. The number of carbonyl (C=O) groups excluding carboxylic acids is 1. The predicted octanol–water partition coefficient (Wildman–Crippen LogP) is 3.31. The lowest BCUT2D eigenvalue weighted by molar-refractivity contribution is 0.145. The molecule has 0 aliphatic carbocycles. The van der Waals surface area contributed by atoms with Crippen LogP contribution >= 0.6 is 0 Å². The second kappa shape index (κ2) is 7.00. The number of anilines is 2. The van der Waals surface area contributed by atoms with Crippen LogP contribution in [0.4, 0.5) is 20.6 Å². The van der Waals surface area contributed by atoms with Crippen LogP contribution in [0.2, 0.25) is 0 Å². The van der Waals surface area contributed by atoms with Crippen LogP contribution in [0.1, 0.15) is 13.3 Å². The molecule has 0 N–H and O–H groups in total. The van der Waals surface area contributed by atoms with Gasteiger partial charge in [-0.05, 0) is 30.2 Å². The highest BCUT2D eigenvalue weighted by Gasteiger charge is 2.32. The zero-order valence-electron chi connectivity index (χ0n) is 12.6. The quantitative estimate of drug-likeness (QED) is 0.459. The van der Waals surface area contributed by atoms with Gasteiger partial charge in [-0.2, -0.15) is 0 Å². The minimum atomic E-state index is -0.563. The van der Waals surface area contributed by atoms with Crippen molar-refractivity contribution in [3.05, 3.63) is 34.5 Å². The van der Waals surface area contributed by atoms with E-state index in [2.05, 4.69) is 10.0 Å². The van der Waals surface area contributed by atoms with Crippen molar-refractivity contribution in [2.45, 2.75) is 19.4 Å². The Bertz CT molecular complexity index is 603. The van der Waals surface area contributed by atoms with Crippen LogP contribution in [-0.4, -0.2) is 38.9 Å². The first kappa shape index (κ1) is 15.9. The Morgan fingerprint density at radius 3 is 3.00 bits per heavy atom. The summed E-state index contributed by atoms with van der Waals surface area (Å²) in [6.07, 6.45) is -0.154. The molecule has 0 spiro atoms. The molecule has 1 aromatic carbocycles. The van der Waals surface area contributed by atoms with Gasteiger partial charge in [-0.3, -0.25) is 4.90 Å². The zero-order chi connectivity index (χ0) is 16.1. The first-order valence-electron chi connectivity index (χ1n) is 7.06. The van der Waals surface area contributed by atoms with Crippen molar-refractivity contribution in [1.82, 2.24) is 0 Å². The highest BCUT2D eigenvalue weighted by atomic mass is 19.1. The molecule has 1 saturated heterocycles. The molecule has 1 atom stereocenters. The smallest absolute Gasteiger partial charge is 0.414 e. The normalized spacial score (nSPS) is 17.1. The average molecular weight is 307 g/mol. The Kier molecular flexibility index (Phi) is 5.06. The lowest BCUT2D eigenvalue weighted by Gasteiger charge is -2.21. The molecule has 0 aromatic heterocycles. The van der Waals surface area contributed by atoms with Gasteiger partial charge in [-0.25, -0.2) is 9.18 Å². The van der Waals surface area contributed by atoms with Crippen molar-refractivity contribution >= 4 is 17.5 Å². The molecule has 0 bridgehead atoms. The maximum absolute atomic E-state index is 14.2. The van der Waals surface area contributed by atoms with Gasteiger partial charge >= 0.3 is 6.09 Å². The Labute approximate surface area is 127 Å². The third-order valence-electron chi connectivity index (χ3n) is 3.44. The minimum Gasteiger partial charge on any atom is -0.444 e. The molecule has 1 heterocycles. The van der Waals surface area contributed by atoms with E-state index in [1.54, 1.807) is 12.1 Å². The lowest BCUT2D eigenvalue weighted by Crippen LogP contribution is -2.25. The Hall–Kier alpha value is -2.47. The third kappa shape index (κ3) is 3.40. The van der Waals surface area contributed by atoms with E-state index in [1.807, 2.05) is 18.9 Å². The molecular weight excluding hydrogens is 289 g/mol. The van der Waals surface area contributed by atoms with Crippen molar-refractivity contribution < 1.29 is 13.9 Å². The number of halogens is 1. The first-order valence-corrected chi connectivity index (χ1v) is 7.06. The highest BCUT2D eigenvalue weighted by Crippen LogP contribution is 2.27. The van der Waals surface area contributed by atoms with Gasteiger partial charge in [0, 0.05) is 18.5 Å². The highest BCUT2D eigenvalue weighted by molar-refractivity contribution is 5.90. The number of azide groups is 1. The van der Waals surface area contributed by atoms with Gasteiger partial charge in [0.25, 0.3) is 0 Å². The number of ether oxygens (including phenoxy) is 1. The molecule has 1 aliphatic rings. The fraction of sp³-hybridized carbons (Fsp3) is 0.500. The van der Waals surface area contributed by atoms with Crippen LogP contribution in [0.5, 0.6) is 0 Å². The molecule has 7 nitrogen and oxygen atoms in total. The van der Waals surface area contributed by atoms with E-state index >= 15 is 0 Å². The fourth-order valence-electron chi connectivity index (χ4n) is 2.38. The Balaban J connectivity index is 2.14. The summed E-state index contributed by atoms with van der Waals surface area (Å²) in [6.45, 7) is 3.07. The summed E-state index contributed by atoms with van der Waals surface area (Å²) in [5, 5.41) is 3.39. The maximum atomic E-state index is 14.2. The minimum absolute atomic E-state index is 0.0680. The average Bonchev–Trinajstić information content (AvgIpc) is 2.86. The van der Waals surface area contributed by atoms with Crippen molar-refractivity contribution in [3.8, 4) is 0 Å². The van der Waals surface area contributed by atoms with Gasteiger partial charge in [0.15, 0.2) is 0 Å². The topological polar surface area (TPSA) is 81.5 Å². The summed E-state index contributed by atoms with van der Waals surface area (Å²) in [6, 6.07) is 4.65. The molecule has 22 heavy (non-hydrogen) atoms. The van der Waals surface area contributed by atoms with Crippen LogP contribution in [0.15, 0.2) is 23.3 Å². The first-order chi connectivity index (χ1) is 10.6. The molecule has 0 unspecified atom stereocenters. The maximum Gasteiger partial charge on any atom is 0.414 e. The van der Waals surface area contributed by atoms with E-state index in [0.717, 1.165) is 13.0 Å². The van der Waals surface area contributed by atoms with Crippen molar-refractivity contribution in [2.75, 3.05) is 36.5 Å². The monoisotopic (exact) mass is 307 g/mol. The number of carbonyl (C=O) groups is 1.